The van der Waals surface area contributed by atoms with Gasteiger partial charge in [-0.2, -0.15) is 0 Å². The van der Waals surface area contributed by atoms with Gasteiger partial charge in [0.25, 0.3) is 0 Å². The Kier molecular flexibility index (Phi) is 3.78. The van der Waals surface area contributed by atoms with Gasteiger partial charge in [-0.15, -0.1) is 0 Å². The summed E-state index contributed by atoms with van der Waals surface area (Å²) in [6, 6.07) is 10.0. The van der Waals surface area contributed by atoms with Gasteiger partial charge in [0.05, 0.1) is 11.0 Å². The van der Waals surface area contributed by atoms with Crippen LogP contribution >= 0.6 is 0 Å². The molecule has 0 bridgehead atoms. The fraction of sp³-hybridized carbons (Fsp3) is 0.611. The molecule has 1 aromatic rings. The molecule has 2 atom stereocenters. The number of carbonyl (C=O) groups is 1. The minimum absolute atomic E-state index is 0.0837. The molecule has 3 heteroatoms. The van der Waals surface area contributed by atoms with Crippen LogP contribution in [0.15, 0.2) is 30.3 Å². The number of benzene rings is 1. The predicted octanol–water partition coefficient (Wildman–Crippen LogP) is 2.78. The lowest BCUT2D eigenvalue weighted by Crippen LogP contribution is -2.48. The second-order valence-electron chi connectivity index (χ2n) is 7.06. The number of hydrogen-bond acceptors (Lipinski definition) is 2. The molecule has 3 rings (SSSR count). The zero-order valence-corrected chi connectivity index (χ0v) is 12.8. The van der Waals surface area contributed by atoms with Gasteiger partial charge in [-0.25, -0.2) is 0 Å². The van der Waals surface area contributed by atoms with Crippen LogP contribution in [0, 0.1) is 5.92 Å². The topological polar surface area (TPSA) is 49.3 Å². The maximum Gasteiger partial charge on any atom is 0.230 e. The van der Waals surface area contributed by atoms with Crippen molar-refractivity contribution in [2.75, 3.05) is 6.54 Å². The van der Waals surface area contributed by atoms with Crippen LogP contribution in [0.4, 0.5) is 0 Å². The lowest BCUT2D eigenvalue weighted by Gasteiger charge is -2.36. The summed E-state index contributed by atoms with van der Waals surface area (Å²) in [5.74, 6) is 0.630. The van der Waals surface area contributed by atoms with E-state index in [2.05, 4.69) is 12.2 Å². The third-order valence-corrected chi connectivity index (χ3v) is 5.16. The van der Waals surface area contributed by atoms with Gasteiger partial charge in [0.15, 0.2) is 0 Å². The molecule has 114 valence electrons. The first-order chi connectivity index (χ1) is 10.0. The van der Waals surface area contributed by atoms with Crippen LogP contribution in [0.1, 0.15) is 51.0 Å². The first-order valence-corrected chi connectivity index (χ1v) is 8.10. The summed E-state index contributed by atoms with van der Waals surface area (Å²) in [4.78, 5) is 12.6. The van der Waals surface area contributed by atoms with Gasteiger partial charge in [-0.3, -0.25) is 4.79 Å². The van der Waals surface area contributed by atoms with Crippen LogP contribution in [0.2, 0.25) is 0 Å². The highest BCUT2D eigenvalue weighted by molar-refractivity contribution is 5.91. The Morgan fingerprint density at radius 1 is 1.29 bits per heavy atom. The third kappa shape index (κ3) is 2.98. The second-order valence-corrected chi connectivity index (χ2v) is 7.06. The Morgan fingerprint density at radius 3 is 2.62 bits per heavy atom. The maximum absolute atomic E-state index is 12.6. The Morgan fingerprint density at radius 2 is 2.00 bits per heavy atom. The fourth-order valence-corrected chi connectivity index (χ4v) is 3.74. The van der Waals surface area contributed by atoms with Gasteiger partial charge in [0, 0.05) is 6.54 Å². The Bertz CT molecular complexity index is 509. The van der Waals surface area contributed by atoms with Crippen molar-refractivity contribution in [3.63, 3.8) is 0 Å². The summed E-state index contributed by atoms with van der Waals surface area (Å²) >= 11 is 0. The highest BCUT2D eigenvalue weighted by Crippen LogP contribution is 2.48. The lowest BCUT2D eigenvalue weighted by molar-refractivity contribution is -0.125. The lowest BCUT2D eigenvalue weighted by atomic mass is 9.79. The van der Waals surface area contributed by atoms with E-state index >= 15 is 0 Å². The van der Waals surface area contributed by atoms with Crippen molar-refractivity contribution in [1.82, 2.24) is 5.32 Å². The molecule has 2 aliphatic carbocycles. The summed E-state index contributed by atoms with van der Waals surface area (Å²) in [7, 11) is 0. The van der Waals surface area contributed by atoms with Crippen molar-refractivity contribution in [2.45, 2.75) is 56.5 Å². The predicted molar refractivity (Wildman–Crippen MR) is 82.9 cm³/mol. The van der Waals surface area contributed by atoms with E-state index in [1.165, 1.54) is 6.42 Å². The highest BCUT2D eigenvalue weighted by Gasteiger charge is 2.51. The van der Waals surface area contributed by atoms with E-state index in [1.807, 2.05) is 30.3 Å². The normalized spacial score (nSPS) is 30.7. The summed E-state index contributed by atoms with van der Waals surface area (Å²) in [6.45, 7) is 2.57. The molecule has 2 saturated carbocycles. The van der Waals surface area contributed by atoms with Crippen LogP contribution in [0.5, 0.6) is 0 Å². The second kappa shape index (κ2) is 5.45. The van der Waals surface area contributed by atoms with Crippen molar-refractivity contribution >= 4 is 5.91 Å². The van der Waals surface area contributed by atoms with E-state index in [1.54, 1.807) is 0 Å². The third-order valence-electron chi connectivity index (χ3n) is 5.16. The van der Waals surface area contributed by atoms with E-state index in [0.717, 1.165) is 37.7 Å². The molecule has 1 aromatic carbocycles. The monoisotopic (exact) mass is 287 g/mol. The Balaban J connectivity index is 1.62. The Labute approximate surface area is 126 Å². The highest BCUT2D eigenvalue weighted by atomic mass is 16.3. The molecule has 21 heavy (non-hydrogen) atoms. The SMILES string of the molecule is CC1CCCC(O)(CNC(=O)C2(c3ccccc3)CC2)C1. The van der Waals surface area contributed by atoms with Gasteiger partial charge in [0.1, 0.15) is 0 Å². The van der Waals surface area contributed by atoms with Gasteiger partial charge < -0.3 is 10.4 Å². The molecule has 0 aromatic heterocycles. The van der Waals surface area contributed by atoms with E-state index in [0.29, 0.717) is 12.5 Å². The summed E-state index contributed by atoms with van der Waals surface area (Å²) in [5.41, 5.74) is 0.0596. The molecule has 0 radical (unpaired) electrons. The zero-order valence-electron chi connectivity index (χ0n) is 12.8. The van der Waals surface area contributed by atoms with Gasteiger partial charge >= 0.3 is 0 Å². The molecule has 1 amide bonds. The van der Waals surface area contributed by atoms with E-state index in [-0.39, 0.29) is 11.3 Å². The molecule has 3 nitrogen and oxygen atoms in total. The molecule has 0 spiro atoms. The zero-order chi connectivity index (χ0) is 14.9. The number of nitrogens with one attached hydrogen (secondary N) is 1. The summed E-state index contributed by atoms with van der Waals surface area (Å²) in [5, 5.41) is 13.7. The molecule has 2 fully saturated rings. The molecule has 0 heterocycles. The minimum Gasteiger partial charge on any atom is -0.388 e. The number of hydrogen-bond donors (Lipinski definition) is 2. The number of rotatable bonds is 4. The van der Waals surface area contributed by atoms with Crippen molar-refractivity contribution in [3.8, 4) is 0 Å². The number of aliphatic hydroxyl groups is 1. The molecule has 2 unspecified atom stereocenters. The van der Waals surface area contributed by atoms with Crippen LogP contribution < -0.4 is 5.32 Å². The van der Waals surface area contributed by atoms with Crippen molar-refractivity contribution in [3.05, 3.63) is 35.9 Å². The maximum atomic E-state index is 12.6. The first kappa shape index (κ1) is 14.6. The molecular weight excluding hydrogens is 262 g/mol. The van der Waals surface area contributed by atoms with Gasteiger partial charge in [0.2, 0.25) is 5.91 Å². The largest absolute Gasteiger partial charge is 0.388 e. The molecular formula is C18H25NO2. The molecule has 0 aliphatic heterocycles. The van der Waals surface area contributed by atoms with Crippen molar-refractivity contribution < 1.29 is 9.90 Å². The average molecular weight is 287 g/mol. The number of amides is 1. The van der Waals surface area contributed by atoms with Gasteiger partial charge in [-0.05, 0) is 37.2 Å². The molecule has 2 aliphatic rings. The summed E-state index contributed by atoms with van der Waals surface area (Å²) < 4.78 is 0. The van der Waals surface area contributed by atoms with Crippen molar-refractivity contribution in [1.29, 1.82) is 0 Å². The fourth-order valence-electron chi connectivity index (χ4n) is 3.74. The number of carbonyl (C=O) groups excluding carboxylic acids is 1. The average Bonchev–Trinajstić information content (AvgIpc) is 3.27. The molecule has 0 saturated heterocycles. The van der Waals surface area contributed by atoms with E-state index in [4.69, 9.17) is 0 Å². The van der Waals surface area contributed by atoms with E-state index < -0.39 is 5.60 Å². The van der Waals surface area contributed by atoms with Crippen LogP contribution in [-0.4, -0.2) is 23.2 Å². The quantitative estimate of drug-likeness (QED) is 0.894. The van der Waals surface area contributed by atoms with Crippen LogP contribution in [0.25, 0.3) is 0 Å². The molecule has 2 N–H and O–H groups in total. The van der Waals surface area contributed by atoms with Crippen LogP contribution in [-0.2, 0) is 10.2 Å². The Hall–Kier alpha value is -1.35. The van der Waals surface area contributed by atoms with E-state index in [9.17, 15) is 9.90 Å². The summed E-state index contributed by atoms with van der Waals surface area (Å²) in [6.07, 6.45) is 5.67. The van der Waals surface area contributed by atoms with Crippen molar-refractivity contribution in [2.24, 2.45) is 5.92 Å². The first-order valence-electron chi connectivity index (χ1n) is 8.10. The smallest absolute Gasteiger partial charge is 0.230 e. The van der Waals surface area contributed by atoms with Crippen LogP contribution in [0.3, 0.4) is 0 Å². The standard InChI is InChI=1S/C18H25NO2/c1-14-6-5-9-17(21,12-14)13-19-16(20)18(10-11-18)15-7-3-2-4-8-15/h2-4,7-8,14,21H,5-6,9-13H2,1H3,(H,19,20). The minimum atomic E-state index is -0.708. The van der Waals surface area contributed by atoms with Gasteiger partial charge in [-0.1, -0.05) is 50.1 Å².